The van der Waals surface area contributed by atoms with Gasteiger partial charge in [0.15, 0.2) is 0 Å². The number of aryl methyl sites for hydroxylation is 1. The minimum atomic E-state index is 0.0630. The Balaban J connectivity index is 1.82. The molecule has 116 valence electrons. The van der Waals surface area contributed by atoms with E-state index in [-0.39, 0.29) is 11.9 Å². The Hall–Kier alpha value is -2.29. The van der Waals surface area contributed by atoms with E-state index in [4.69, 9.17) is 4.74 Å². The molecule has 0 saturated heterocycles. The lowest BCUT2D eigenvalue weighted by Crippen LogP contribution is -2.30. The van der Waals surface area contributed by atoms with E-state index in [0.717, 1.165) is 11.3 Å². The van der Waals surface area contributed by atoms with E-state index in [1.807, 2.05) is 75.5 Å². The number of rotatable bonds is 6. The fraction of sp³-hybridized carbons (Fsp3) is 0.316. The summed E-state index contributed by atoms with van der Waals surface area (Å²) >= 11 is 0. The molecule has 0 aliphatic heterocycles. The molecule has 2 aromatic rings. The predicted octanol–water partition coefficient (Wildman–Crippen LogP) is 3.98. The lowest BCUT2D eigenvalue weighted by molar-refractivity contribution is -0.132. The van der Waals surface area contributed by atoms with E-state index < -0.39 is 0 Å². The highest BCUT2D eigenvalue weighted by molar-refractivity contribution is 5.76. The first-order valence-corrected chi connectivity index (χ1v) is 7.58. The minimum absolute atomic E-state index is 0.0630. The highest BCUT2D eigenvalue weighted by Gasteiger charge is 2.16. The topological polar surface area (TPSA) is 29.5 Å². The normalized spacial score (nSPS) is 11.8. The summed E-state index contributed by atoms with van der Waals surface area (Å²) in [6, 6.07) is 18.0. The number of amides is 1. The van der Waals surface area contributed by atoms with Crippen molar-refractivity contribution in [3.8, 4) is 5.75 Å². The van der Waals surface area contributed by atoms with Crippen molar-refractivity contribution in [2.45, 2.75) is 26.3 Å². The number of benzene rings is 2. The third-order valence-electron chi connectivity index (χ3n) is 3.86. The maximum Gasteiger partial charge on any atom is 0.226 e. The first-order chi connectivity index (χ1) is 10.6. The molecular formula is C19H23NO2. The Morgan fingerprint density at radius 3 is 2.36 bits per heavy atom. The average Bonchev–Trinajstić information content (AvgIpc) is 2.56. The molecule has 3 heteroatoms. The zero-order valence-electron chi connectivity index (χ0n) is 13.5. The molecule has 22 heavy (non-hydrogen) atoms. The average molecular weight is 297 g/mol. The van der Waals surface area contributed by atoms with Crippen LogP contribution in [0, 0.1) is 6.92 Å². The smallest absolute Gasteiger partial charge is 0.226 e. The zero-order valence-corrected chi connectivity index (χ0v) is 13.5. The molecular weight excluding hydrogens is 274 g/mol. The van der Waals surface area contributed by atoms with Crippen molar-refractivity contribution in [1.82, 2.24) is 4.90 Å². The highest BCUT2D eigenvalue weighted by atomic mass is 16.5. The molecule has 3 nitrogen and oxygen atoms in total. The Bertz CT molecular complexity index is 593. The molecule has 1 amide bonds. The van der Waals surface area contributed by atoms with Crippen molar-refractivity contribution in [2.24, 2.45) is 0 Å². The second kappa shape index (κ2) is 7.64. The molecule has 0 bridgehead atoms. The van der Waals surface area contributed by atoms with Gasteiger partial charge in [-0.15, -0.1) is 0 Å². The van der Waals surface area contributed by atoms with Crippen LogP contribution in [0.5, 0.6) is 5.75 Å². The van der Waals surface area contributed by atoms with E-state index in [0.29, 0.717) is 13.0 Å². The van der Waals surface area contributed by atoms with Gasteiger partial charge in [0.1, 0.15) is 5.75 Å². The molecule has 1 unspecified atom stereocenters. The number of carbonyl (C=O) groups excluding carboxylic acids is 1. The van der Waals surface area contributed by atoms with Gasteiger partial charge in [-0.25, -0.2) is 0 Å². The maximum absolute atomic E-state index is 12.2. The van der Waals surface area contributed by atoms with Gasteiger partial charge in [-0.1, -0.05) is 48.0 Å². The first kappa shape index (κ1) is 16.1. The van der Waals surface area contributed by atoms with Crippen molar-refractivity contribution in [3.63, 3.8) is 0 Å². The maximum atomic E-state index is 12.2. The van der Waals surface area contributed by atoms with Crippen molar-refractivity contribution >= 4 is 5.91 Å². The van der Waals surface area contributed by atoms with Gasteiger partial charge in [-0.2, -0.15) is 0 Å². The quantitative estimate of drug-likeness (QED) is 0.807. The molecule has 0 heterocycles. The van der Waals surface area contributed by atoms with Crippen LogP contribution >= 0.6 is 0 Å². The van der Waals surface area contributed by atoms with Gasteiger partial charge in [0.05, 0.1) is 19.1 Å². The number of hydrogen-bond donors (Lipinski definition) is 0. The van der Waals surface area contributed by atoms with Gasteiger partial charge in [0.25, 0.3) is 0 Å². The number of carbonyl (C=O) groups is 1. The van der Waals surface area contributed by atoms with E-state index >= 15 is 0 Å². The predicted molar refractivity (Wildman–Crippen MR) is 88.9 cm³/mol. The van der Waals surface area contributed by atoms with Crippen LogP contribution in [-0.2, 0) is 4.79 Å². The number of ether oxygens (including phenoxy) is 1. The summed E-state index contributed by atoms with van der Waals surface area (Å²) in [7, 11) is 1.84. The van der Waals surface area contributed by atoms with Crippen LogP contribution in [0.1, 0.15) is 30.5 Å². The Morgan fingerprint density at radius 1 is 1.09 bits per heavy atom. The van der Waals surface area contributed by atoms with E-state index in [2.05, 4.69) is 0 Å². The number of hydrogen-bond acceptors (Lipinski definition) is 2. The first-order valence-electron chi connectivity index (χ1n) is 7.58. The standard InChI is InChI=1S/C19H23NO2/c1-15-9-11-18(12-10-15)22-14-13-19(21)20(3)16(2)17-7-5-4-6-8-17/h4-12,16H,13-14H2,1-3H3. The fourth-order valence-corrected chi connectivity index (χ4v) is 2.24. The lowest BCUT2D eigenvalue weighted by Gasteiger charge is -2.25. The van der Waals surface area contributed by atoms with Crippen molar-refractivity contribution in [2.75, 3.05) is 13.7 Å². The zero-order chi connectivity index (χ0) is 15.9. The SMILES string of the molecule is Cc1ccc(OCCC(=O)N(C)C(C)c2ccccc2)cc1. The summed E-state index contributed by atoms with van der Waals surface area (Å²) in [6.07, 6.45) is 0.377. The van der Waals surface area contributed by atoms with Crippen LogP contribution in [-0.4, -0.2) is 24.5 Å². The summed E-state index contributed by atoms with van der Waals surface area (Å²) in [4.78, 5) is 14.0. The van der Waals surface area contributed by atoms with Crippen molar-refractivity contribution in [1.29, 1.82) is 0 Å². The molecule has 0 spiro atoms. The van der Waals surface area contributed by atoms with Crippen LogP contribution < -0.4 is 4.74 Å². The van der Waals surface area contributed by atoms with Gasteiger partial charge in [0.2, 0.25) is 5.91 Å². The highest BCUT2D eigenvalue weighted by Crippen LogP contribution is 2.19. The Kier molecular flexibility index (Phi) is 5.59. The van der Waals surface area contributed by atoms with Gasteiger partial charge >= 0.3 is 0 Å². The van der Waals surface area contributed by atoms with Gasteiger partial charge < -0.3 is 9.64 Å². The molecule has 2 aromatic carbocycles. The molecule has 0 aliphatic carbocycles. The summed E-state index contributed by atoms with van der Waals surface area (Å²) in [6.45, 7) is 4.47. The van der Waals surface area contributed by atoms with Crippen LogP contribution in [0.3, 0.4) is 0 Å². The van der Waals surface area contributed by atoms with Crippen molar-refractivity contribution in [3.05, 3.63) is 65.7 Å². The Labute approximate surface area is 132 Å². The second-order valence-electron chi connectivity index (χ2n) is 5.50. The van der Waals surface area contributed by atoms with Crippen LogP contribution in [0.2, 0.25) is 0 Å². The largest absolute Gasteiger partial charge is 0.493 e. The molecule has 0 fully saturated rings. The van der Waals surface area contributed by atoms with Crippen LogP contribution in [0.25, 0.3) is 0 Å². The summed E-state index contributed by atoms with van der Waals surface area (Å²) < 4.78 is 5.62. The molecule has 0 aromatic heterocycles. The van der Waals surface area contributed by atoms with Gasteiger partial charge in [-0.05, 0) is 31.5 Å². The van der Waals surface area contributed by atoms with Gasteiger partial charge in [-0.3, -0.25) is 4.79 Å². The summed E-state index contributed by atoms with van der Waals surface area (Å²) in [5.74, 6) is 0.889. The monoisotopic (exact) mass is 297 g/mol. The van der Waals surface area contributed by atoms with Crippen molar-refractivity contribution < 1.29 is 9.53 Å². The van der Waals surface area contributed by atoms with E-state index in [1.165, 1.54) is 5.56 Å². The molecule has 0 aliphatic rings. The molecule has 1 atom stereocenters. The lowest BCUT2D eigenvalue weighted by atomic mass is 10.1. The fourth-order valence-electron chi connectivity index (χ4n) is 2.24. The third kappa shape index (κ3) is 4.35. The molecule has 2 rings (SSSR count). The number of nitrogens with zero attached hydrogens (tertiary/aromatic N) is 1. The van der Waals surface area contributed by atoms with E-state index in [1.54, 1.807) is 4.90 Å². The minimum Gasteiger partial charge on any atom is -0.493 e. The van der Waals surface area contributed by atoms with Crippen LogP contribution in [0.15, 0.2) is 54.6 Å². The third-order valence-corrected chi connectivity index (χ3v) is 3.86. The van der Waals surface area contributed by atoms with Crippen LogP contribution in [0.4, 0.5) is 0 Å². The molecule has 0 saturated carbocycles. The molecule has 0 N–H and O–H groups in total. The summed E-state index contributed by atoms with van der Waals surface area (Å²) in [5, 5.41) is 0. The Morgan fingerprint density at radius 2 is 1.73 bits per heavy atom. The van der Waals surface area contributed by atoms with Gasteiger partial charge in [0, 0.05) is 7.05 Å². The summed E-state index contributed by atoms with van der Waals surface area (Å²) in [5.41, 5.74) is 2.33. The molecule has 0 radical (unpaired) electrons. The second-order valence-corrected chi connectivity index (χ2v) is 5.50. The van der Waals surface area contributed by atoms with E-state index in [9.17, 15) is 4.79 Å².